The molecule has 0 radical (unpaired) electrons. The molecule has 3 amide bonds. The third-order valence-electron chi connectivity index (χ3n) is 5.03. The van der Waals surface area contributed by atoms with Crippen LogP contribution < -0.4 is 11.1 Å². The molecule has 2 aromatic rings. The topological polar surface area (TPSA) is 110 Å². The summed E-state index contributed by atoms with van der Waals surface area (Å²) >= 11 is 0. The van der Waals surface area contributed by atoms with E-state index in [4.69, 9.17) is 5.73 Å². The zero-order valence-corrected chi connectivity index (χ0v) is 16.2. The van der Waals surface area contributed by atoms with Gasteiger partial charge < -0.3 is 16.0 Å². The average molecular weight is 411 g/mol. The van der Waals surface area contributed by atoms with E-state index in [1.807, 2.05) is 0 Å². The molecule has 7 nitrogen and oxygen atoms in total. The van der Waals surface area contributed by atoms with Crippen LogP contribution in [-0.4, -0.2) is 40.5 Å². The van der Waals surface area contributed by atoms with Gasteiger partial charge in [-0.15, -0.1) is 0 Å². The van der Waals surface area contributed by atoms with E-state index >= 15 is 0 Å². The van der Waals surface area contributed by atoms with Crippen molar-refractivity contribution in [3.05, 3.63) is 71.5 Å². The van der Waals surface area contributed by atoms with Gasteiger partial charge in [-0.2, -0.15) is 0 Å². The first-order valence-electron chi connectivity index (χ1n) is 9.57. The molecule has 30 heavy (non-hydrogen) atoms. The van der Waals surface area contributed by atoms with E-state index in [1.54, 1.807) is 36.4 Å². The smallest absolute Gasteiger partial charge is 0.287 e. The Morgan fingerprint density at radius 2 is 1.80 bits per heavy atom. The van der Waals surface area contributed by atoms with Crippen molar-refractivity contribution in [1.82, 2.24) is 10.2 Å². The van der Waals surface area contributed by atoms with Crippen LogP contribution in [0, 0.1) is 5.82 Å². The molecule has 2 atom stereocenters. The molecule has 156 valence electrons. The molecule has 1 unspecified atom stereocenters. The van der Waals surface area contributed by atoms with Crippen molar-refractivity contribution in [1.29, 1.82) is 0 Å². The lowest BCUT2D eigenvalue weighted by Gasteiger charge is -2.26. The van der Waals surface area contributed by atoms with E-state index < -0.39 is 35.5 Å². The predicted octanol–water partition coefficient (Wildman–Crippen LogP) is 1.10. The zero-order valence-electron chi connectivity index (χ0n) is 16.2. The third-order valence-corrected chi connectivity index (χ3v) is 5.03. The second kappa shape index (κ2) is 9.30. The highest BCUT2D eigenvalue weighted by Crippen LogP contribution is 2.22. The molecule has 1 heterocycles. The standard InChI is InChI=1S/C22H22FN3O4/c23-16-8-4-7-15(11-16)13-26-18(9-10-19(26)27)22(30)25-17(20(28)21(24)29)12-14-5-2-1-3-6-14/h1-8,11,17-18H,9-10,12-13H2,(H2,24,29)(H,25,30)/t17?,18-/m0/s1. The maximum atomic E-state index is 13.5. The largest absolute Gasteiger partial charge is 0.363 e. The Hall–Kier alpha value is -3.55. The van der Waals surface area contributed by atoms with Crippen molar-refractivity contribution in [2.24, 2.45) is 5.73 Å². The number of likely N-dealkylation sites (tertiary alicyclic amines) is 1. The van der Waals surface area contributed by atoms with Crippen molar-refractivity contribution in [2.75, 3.05) is 0 Å². The van der Waals surface area contributed by atoms with Crippen molar-refractivity contribution in [3.63, 3.8) is 0 Å². The summed E-state index contributed by atoms with van der Waals surface area (Å²) in [6.45, 7) is 0.0712. The Balaban J connectivity index is 1.75. The van der Waals surface area contributed by atoms with Gasteiger partial charge in [0.15, 0.2) is 0 Å². The van der Waals surface area contributed by atoms with Crippen LogP contribution in [0.25, 0.3) is 0 Å². The van der Waals surface area contributed by atoms with Crippen molar-refractivity contribution in [2.45, 2.75) is 37.9 Å². The molecule has 0 bridgehead atoms. The maximum absolute atomic E-state index is 13.5. The number of nitrogens with one attached hydrogen (secondary N) is 1. The molecular formula is C22H22FN3O4. The second-order valence-electron chi connectivity index (χ2n) is 7.19. The summed E-state index contributed by atoms with van der Waals surface area (Å²) in [4.78, 5) is 50.3. The van der Waals surface area contributed by atoms with Gasteiger partial charge in [-0.25, -0.2) is 4.39 Å². The van der Waals surface area contributed by atoms with E-state index in [-0.39, 0.29) is 31.7 Å². The van der Waals surface area contributed by atoms with Crippen LogP contribution in [-0.2, 0) is 32.1 Å². The number of primary amides is 1. The molecule has 1 saturated heterocycles. The predicted molar refractivity (Wildman–Crippen MR) is 106 cm³/mol. The molecule has 3 N–H and O–H groups in total. The molecule has 0 saturated carbocycles. The van der Waals surface area contributed by atoms with Gasteiger partial charge in [-0.3, -0.25) is 19.2 Å². The fraction of sp³-hybridized carbons (Fsp3) is 0.273. The number of ketones is 1. The number of Topliss-reactive ketones (excluding diaryl/α,β-unsaturated/α-hetero) is 1. The Kier molecular flexibility index (Phi) is 6.56. The minimum absolute atomic E-state index is 0.0712. The molecule has 0 aliphatic carbocycles. The van der Waals surface area contributed by atoms with Crippen LogP contribution in [0.3, 0.4) is 0 Å². The lowest BCUT2D eigenvalue weighted by Crippen LogP contribution is -2.53. The Labute approximate surface area is 173 Å². The van der Waals surface area contributed by atoms with Gasteiger partial charge in [-0.05, 0) is 29.7 Å². The van der Waals surface area contributed by atoms with E-state index in [1.165, 1.54) is 23.1 Å². The first kappa shape index (κ1) is 21.2. The van der Waals surface area contributed by atoms with Crippen molar-refractivity contribution >= 4 is 23.5 Å². The van der Waals surface area contributed by atoms with E-state index in [0.29, 0.717) is 5.56 Å². The number of rotatable bonds is 8. The van der Waals surface area contributed by atoms with Crippen LogP contribution in [0.15, 0.2) is 54.6 Å². The number of nitrogens with two attached hydrogens (primary N) is 1. The van der Waals surface area contributed by atoms with Crippen LogP contribution >= 0.6 is 0 Å². The molecule has 0 spiro atoms. The molecule has 0 aromatic heterocycles. The number of amides is 3. The number of benzene rings is 2. The number of carbonyl (C=O) groups is 4. The SMILES string of the molecule is NC(=O)C(=O)C(Cc1ccccc1)NC(=O)[C@@H]1CCC(=O)N1Cc1cccc(F)c1. The van der Waals surface area contributed by atoms with Gasteiger partial charge in [0.25, 0.3) is 5.91 Å². The average Bonchev–Trinajstić information content (AvgIpc) is 3.08. The Bertz CT molecular complexity index is 964. The summed E-state index contributed by atoms with van der Waals surface area (Å²) in [6, 6.07) is 12.7. The first-order valence-corrected chi connectivity index (χ1v) is 9.57. The van der Waals surface area contributed by atoms with Crippen molar-refractivity contribution in [3.8, 4) is 0 Å². The summed E-state index contributed by atoms with van der Waals surface area (Å²) in [6.07, 6.45) is 0.530. The summed E-state index contributed by atoms with van der Waals surface area (Å²) in [5.41, 5.74) is 6.45. The van der Waals surface area contributed by atoms with Crippen LogP contribution in [0.2, 0.25) is 0 Å². The number of nitrogens with zero attached hydrogens (tertiary/aromatic N) is 1. The summed E-state index contributed by atoms with van der Waals surface area (Å²) < 4.78 is 13.5. The highest BCUT2D eigenvalue weighted by Gasteiger charge is 2.38. The van der Waals surface area contributed by atoms with Gasteiger partial charge in [-0.1, -0.05) is 42.5 Å². The lowest BCUT2D eigenvalue weighted by atomic mass is 10.0. The van der Waals surface area contributed by atoms with E-state index in [0.717, 1.165) is 5.56 Å². The van der Waals surface area contributed by atoms with E-state index in [9.17, 15) is 23.6 Å². The minimum atomic E-state index is -1.14. The van der Waals surface area contributed by atoms with Gasteiger partial charge in [0, 0.05) is 19.4 Å². The Morgan fingerprint density at radius 3 is 2.47 bits per heavy atom. The maximum Gasteiger partial charge on any atom is 0.287 e. The second-order valence-corrected chi connectivity index (χ2v) is 7.19. The van der Waals surface area contributed by atoms with Gasteiger partial charge >= 0.3 is 0 Å². The molecular weight excluding hydrogens is 389 g/mol. The molecule has 8 heteroatoms. The normalized spacial score (nSPS) is 16.9. The number of hydrogen-bond acceptors (Lipinski definition) is 4. The van der Waals surface area contributed by atoms with Gasteiger partial charge in [0.2, 0.25) is 17.6 Å². The summed E-state index contributed by atoms with van der Waals surface area (Å²) in [7, 11) is 0. The van der Waals surface area contributed by atoms with E-state index in [2.05, 4.69) is 5.32 Å². The van der Waals surface area contributed by atoms with Gasteiger partial charge in [0.05, 0.1) is 0 Å². The summed E-state index contributed by atoms with van der Waals surface area (Å²) in [5.74, 6) is -3.27. The third kappa shape index (κ3) is 5.08. The number of halogens is 1. The number of hydrogen-bond donors (Lipinski definition) is 2. The van der Waals surface area contributed by atoms with Crippen LogP contribution in [0.1, 0.15) is 24.0 Å². The zero-order chi connectivity index (χ0) is 21.7. The summed E-state index contributed by atoms with van der Waals surface area (Å²) in [5, 5.41) is 2.58. The molecule has 3 rings (SSSR count). The fourth-order valence-electron chi connectivity index (χ4n) is 3.54. The highest BCUT2D eigenvalue weighted by atomic mass is 19.1. The number of carbonyl (C=O) groups excluding carboxylic acids is 4. The highest BCUT2D eigenvalue weighted by molar-refractivity contribution is 6.37. The molecule has 1 aliphatic rings. The fourth-order valence-corrected chi connectivity index (χ4v) is 3.54. The monoisotopic (exact) mass is 411 g/mol. The minimum Gasteiger partial charge on any atom is -0.363 e. The Morgan fingerprint density at radius 1 is 1.10 bits per heavy atom. The van der Waals surface area contributed by atoms with Gasteiger partial charge in [0.1, 0.15) is 17.9 Å². The van der Waals surface area contributed by atoms with Crippen molar-refractivity contribution < 1.29 is 23.6 Å². The lowest BCUT2D eigenvalue weighted by molar-refractivity contribution is -0.140. The molecule has 1 fully saturated rings. The van der Waals surface area contributed by atoms with Crippen LogP contribution in [0.4, 0.5) is 4.39 Å². The quantitative estimate of drug-likeness (QED) is 0.634. The van der Waals surface area contributed by atoms with Crippen LogP contribution in [0.5, 0.6) is 0 Å². The molecule has 1 aliphatic heterocycles. The molecule has 2 aromatic carbocycles. The first-order chi connectivity index (χ1) is 14.3.